The Labute approximate surface area is 147 Å². The average molecular weight is 327 g/mol. The second-order valence-electron chi connectivity index (χ2n) is 8.51. The van der Waals surface area contributed by atoms with Crippen molar-refractivity contribution in [2.75, 3.05) is 52.7 Å². The molecule has 0 radical (unpaired) electrons. The SMILES string of the molecule is CN1CC2C3CCC[N+](C)=C3CC(c3ccc(N(C)C)cc3)C2C1. The lowest BCUT2D eigenvalue weighted by atomic mass is 9.63. The van der Waals surface area contributed by atoms with Crippen LogP contribution in [0.1, 0.15) is 30.7 Å². The van der Waals surface area contributed by atoms with Gasteiger partial charge in [-0.25, -0.2) is 4.58 Å². The van der Waals surface area contributed by atoms with E-state index in [1.807, 2.05) is 0 Å². The van der Waals surface area contributed by atoms with Crippen LogP contribution in [0.3, 0.4) is 0 Å². The molecule has 0 amide bonds. The first kappa shape index (κ1) is 16.1. The monoisotopic (exact) mass is 326 g/mol. The first-order chi connectivity index (χ1) is 11.5. The molecule has 24 heavy (non-hydrogen) atoms. The minimum atomic E-state index is 0.697. The van der Waals surface area contributed by atoms with Crippen molar-refractivity contribution in [3.63, 3.8) is 0 Å². The molecule has 130 valence electrons. The summed E-state index contributed by atoms with van der Waals surface area (Å²) in [5.74, 6) is 3.24. The van der Waals surface area contributed by atoms with Gasteiger partial charge in [0.25, 0.3) is 0 Å². The third-order valence-electron chi connectivity index (χ3n) is 6.82. The summed E-state index contributed by atoms with van der Waals surface area (Å²) >= 11 is 0. The van der Waals surface area contributed by atoms with E-state index >= 15 is 0 Å². The molecule has 1 saturated carbocycles. The number of nitrogens with zero attached hydrogens (tertiary/aromatic N) is 3. The highest BCUT2D eigenvalue weighted by Gasteiger charge is 2.50. The van der Waals surface area contributed by atoms with Gasteiger partial charge in [-0.3, -0.25) is 0 Å². The van der Waals surface area contributed by atoms with Crippen LogP contribution in [0.5, 0.6) is 0 Å². The van der Waals surface area contributed by atoms with E-state index in [2.05, 4.69) is 66.8 Å². The molecule has 1 aliphatic carbocycles. The van der Waals surface area contributed by atoms with E-state index in [0.29, 0.717) is 5.92 Å². The van der Waals surface area contributed by atoms with Gasteiger partial charge in [0.1, 0.15) is 13.6 Å². The molecule has 0 aromatic heterocycles. The van der Waals surface area contributed by atoms with E-state index in [1.54, 1.807) is 11.3 Å². The van der Waals surface area contributed by atoms with Crippen molar-refractivity contribution in [3.8, 4) is 0 Å². The predicted octanol–water partition coefficient (Wildman–Crippen LogP) is 2.91. The van der Waals surface area contributed by atoms with Gasteiger partial charge in [-0.15, -0.1) is 0 Å². The standard InChI is InChI=1S/C21H32N3/c1-22(2)16-9-7-15(8-10-16)18-12-21-17(6-5-11-24(21)4)19-13-23(3)14-20(18)19/h7-10,17-20H,5-6,11-14H2,1-4H3/q+1. The van der Waals surface area contributed by atoms with Crippen molar-refractivity contribution in [1.82, 2.24) is 4.90 Å². The molecule has 3 heteroatoms. The normalized spacial score (nSPS) is 33.3. The Bertz CT molecular complexity index is 631. The van der Waals surface area contributed by atoms with Crippen molar-refractivity contribution in [2.24, 2.45) is 17.8 Å². The fraction of sp³-hybridized carbons (Fsp3) is 0.667. The van der Waals surface area contributed by atoms with Crippen LogP contribution in [0.25, 0.3) is 0 Å². The van der Waals surface area contributed by atoms with Crippen molar-refractivity contribution in [3.05, 3.63) is 29.8 Å². The van der Waals surface area contributed by atoms with E-state index < -0.39 is 0 Å². The summed E-state index contributed by atoms with van der Waals surface area (Å²) < 4.78 is 2.59. The molecule has 0 N–H and O–H groups in total. The van der Waals surface area contributed by atoms with Crippen molar-refractivity contribution < 1.29 is 4.58 Å². The zero-order valence-corrected chi connectivity index (χ0v) is 15.7. The van der Waals surface area contributed by atoms with Gasteiger partial charge in [0, 0.05) is 51.6 Å². The summed E-state index contributed by atoms with van der Waals surface area (Å²) in [7, 11) is 8.88. The molecule has 4 unspecified atom stereocenters. The first-order valence-electron chi connectivity index (χ1n) is 9.57. The number of hydrogen-bond acceptors (Lipinski definition) is 2. The van der Waals surface area contributed by atoms with E-state index in [-0.39, 0.29) is 0 Å². The van der Waals surface area contributed by atoms with E-state index in [1.165, 1.54) is 44.6 Å². The van der Waals surface area contributed by atoms with Crippen LogP contribution in [0.15, 0.2) is 24.3 Å². The fourth-order valence-electron chi connectivity index (χ4n) is 5.59. The number of anilines is 1. The summed E-state index contributed by atoms with van der Waals surface area (Å²) in [6.45, 7) is 3.82. The molecule has 2 fully saturated rings. The second-order valence-corrected chi connectivity index (χ2v) is 8.51. The molecule has 1 aromatic rings. The summed E-state index contributed by atoms with van der Waals surface area (Å²) in [5, 5.41) is 0. The van der Waals surface area contributed by atoms with Gasteiger partial charge in [-0.2, -0.15) is 0 Å². The van der Waals surface area contributed by atoms with Gasteiger partial charge >= 0.3 is 0 Å². The minimum absolute atomic E-state index is 0.697. The number of fused-ring (bicyclic) bond motifs is 3. The highest BCUT2D eigenvalue weighted by atomic mass is 15.1. The lowest BCUT2D eigenvalue weighted by Crippen LogP contribution is -2.45. The Morgan fingerprint density at radius 3 is 2.38 bits per heavy atom. The molecule has 1 saturated heterocycles. The van der Waals surface area contributed by atoms with Crippen LogP contribution in [0.4, 0.5) is 5.69 Å². The van der Waals surface area contributed by atoms with Crippen molar-refractivity contribution in [2.45, 2.75) is 25.2 Å². The Kier molecular flexibility index (Phi) is 4.16. The maximum Gasteiger partial charge on any atom is 0.156 e. The third kappa shape index (κ3) is 2.67. The Hall–Kier alpha value is -1.35. The van der Waals surface area contributed by atoms with Crippen LogP contribution >= 0.6 is 0 Å². The number of hydrogen-bond donors (Lipinski definition) is 0. The Morgan fingerprint density at radius 1 is 1.04 bits per heavy atom. The molecular formula is C21H32N3+. The molecule has 1 aromatic carbocycles. The second kappa shape index (κ2) is 6.18. The molecule has 2 aliphatic heterocycles. The van der Waals surface area contributed by atoms with Gasteiger partial charge < -0.3 is 9.80 Å². The van der Waals surface area contributed by atoms with Crippen LogP contribution in [-0.4, -0.2) is 63.0 Å². The fourth-order valence-corrected chi connectivity index (χ4v) is 5.59. The van der Waals surface area contributed by atoms with Gasteiger partial charge in [0.05, 0.1) is 0 Å². The first-order valence-corrected chi connectivity index (χ1v) is 9.57. The summed E-state index contributed by atoms with van der Waals surface area (Å²) in [5.41, 5.74) is 4.60. The average Bonchev–Trinajstić information content (AvgIpc) is 2.96. The van der Waals surface area contributed by atoms with Crippen LogP contribution < -0.4 is 4.90 Å². The van der Waals surface area contributed by atoms with Gasteiger partial charge in [0.2, 0.25) is 0 Å². The number of rotatable bonds is 2. The zero-order valence-electron chi connectivity index (χ0n) is 15.7. The van der Waals surface area contributed by atoms with Crippen LogP contribution in [0.2, 0.25) is 0 Å². The molecule has 3 nitrogen and oxygen atoms in total. The maximum atomic E-state index is 2.59. The quantitative estimate of drug-likeness (QED) is 0.773. The van der Waals surface area contributed by atoms with E-state index in [4.69, 9.17) is 0 Å². The highest BCUT2D eigenvalue weighted by molar-refractivity contribution is 5.85. The number of likely N-dealkylation sites (tertiary alicyclic amines) is 1. The molecule has 3 aliphatic rings. The topological polar surface area (TPSA) is 9.49 Å². The maximum absolute atomic E-state index is 2.59. The van der Waals surface area contributed by atoms with Crippen LogP contribution in [-0.2, 0) is 0 Å². The molecule has 4 rings (SSSR count). The van der Waals surface area contributed by atoms with Crippen molar-refractivity contribution >= 4 is 11.4 Å². The Balaban J connectivity index is 1.69. The van der Waals surface area contributed by atoms with Gasteiger partial charge in [0.15, 0.2) is 5.71 Å². The number of benzene rings is 1. The van der Waals surface area contributed by atoms with Crippen molar-refractivity contribution in [1.29, 1.82) is 0 Å². The lowest BCUT2D eigenvalue weighted by Gasteiger charge is -2.40. The van der Waals surface area contributed by atoms with E-state index in [9.17, 15) is 0 Å². The lowest BCUT2D eigenvalue weighted by molar-refractivity contribution is -0.507. The predicted molar refractivity (Wildman–Crippen MR) is 101 cm³/mol. The summed E-state index contributed by atoms with van der Waals surface area (Å²) in [6.07, 6.45) is 4.07. The third-order valence-corrected chi connectivity index (χ3v) is 6.82. The largest absolute Gasteiger partial charge is 0.378 e. The van der Waals surface area contributed by atoms with Gasteiger partial charge in [-0.05, 0) is 48.9 Å². The smallest absolute Gasteiger partial charge is 0.156 e. The molecular weight excluding hydrogens is 294 g/mol. The summed E-state index contributed by atoms with van der Waals surface area (Å²) in [4.78, 5) is 4.77. The molecule has 4 atom stereocenters. The summed E-state index contributed by atoms with van der Waals surface area (Å²) in [6, 6.07) is 9.37. The zero-order chi connectivity index (χ0) is 16.8. The molecule has 2 heterocycles. The van der Waals surface area contributed by atoms with Gasteiger partial charge in [-0.1, -0.05) is 12.1 Å². The Morgan fingerprint density at radius 2 is 1.71 bits per heavy atom. The van der Waals surface area contributed by atoms with E-state index in [0.717, 1.165) is 17.8 Å². The van der Waals surface area contributed by atoms with Crippen LogP contribution in [0, 0.1) is 17.8 Å². The molecule has 0 spiro atoms. The minimum Gasteiger partial charge on any atom is -0.378 e. The molecule has 0 bridgehead atoms. The highest BCUT2D eigenvalue weighted by Crippen LogP contribution is 2.48.